The molecule has 1 aromatic rings. The molecule has 0 spiro atoms. The molecule has 1 saturated heterocycles. The standard InChI is InChI=1S/C13H15BrClNO4S/c1-9(13(17)16-6-2-3-7-16)20-11-5-4-10(14)8-12(11)21(15,18)19/h4-5,8-9H,2-3,6-7H2,1H3. The first kappa shape index (κ1) is 16.6. The van der Waals surface area contributed by atoms with Crippen molar-refractivity contribution < 1.29 is 17.9 Å². The van der Waals surface area contributed by atoms with Crippen molar-refractivity contribution in [1.82, 2.24) is 4.90 Å². The Morgan fingerprint density at radius 3 is 2.57 bits per heavy atom. The lowest BCUT2D eigenvalue weighted by Crippen LogP contribution is -2.38. The Morgan fingerprint density at radius 1 is 1.38 bits per heavy atom. The van der Waals surface area contributed by atoms with Crippen LogP contribution in [0.15, 0.2) is 27.6 Å². The average molecular weight is 397 g/mol. The van der Waals surface area contributed by atoms with Crippen molar-refractivity contribution in [2.24, 2.45) is 0 Å². The largest absolute Gasteiger partial charge is 0.479 e. The Kier molecular flexibility index (Phi) is 5.16. The number of halogens is 2. The summed E-state index contributed by atoms with van der Waals surface area (Å²) < 4.78 is 29.3. The maximum Gasteiger partial charge on any atom is 0.265 e. The van der Waals surface area contributed by atoms with E-state index in [4.69, 9.17) is 15.4 Å². The lowest BCUT2D eigenvalue weighted by Gasteiger charge is -2.22. The predicted octanol–water partition coefficient (Wildman–Crippen LogP) is 2.77. The number of carbonyl (C=O) groups is 1. The van der Waals surface area contributed by atoms with Gasteiger partial charge in [0.15, 0.2) is 6.10 Å². The minimum absolute atomic E-state index is 0.0771. The second-order valence-electron chi connectivity index (χ2n) is 4.82. The molecule has 1 amide bonds. The van der Waals surface area contributed by atoms with E-state index in [1.807, 2.05) is 0 Å². The number of nitrogens with zero attached hydrogens (tertiary/aromatic N) is 1. The molecule has 1 atom stereocenters. The third-order valence-corrected chi connectivity index (χ3v) is 5.07. The highest BCUT2D eigenvalue weighted by Gasteiger charge is 2.26. The number of hydrogen-bond donors (Lipinski definition) is 0. The molecule has 5 nitrogen and oxygen atoms in total. The number of hydrogen-bond acceptors (Lipinski definition) is 4. The van der Waals surface area contributed by atoms with Gasteiger partial charge in [-0.3, -0.25) is 4.79 Å². The van der Waals surface area contributed by atoms with Crippen molar-refractivity contribution in [2.45, 2.75) is 30.8 Å². The van der Waals surface area contributed by atoms with E-state index in [1.165, 1.54) is 12.1 Å². The summed E-state index contributed by atoms with van der Waals surface area (Å²) in [6.07, 6.45) is 1.21. The molecule has 0 radical (unpaired) electrons. The highest BCUT2D eigenvalue weighted by molar-refractivity contribution is 9.10. The molecule has 1 aliphatic heterocycles. The van der Waals surface area contributed by atoms with E-state index in [0.717, 1.165) is 12.8 Å². The first-order chi connectivity index (χ1) is 9.79. The Balaban J connectivity index is 2.21. The van der Waals surface area contributed by atoms with Gasteiger partial charge in [-0.1, -0.05) is 15.9 Å². The maximum absolute atomic E-state index is 12.2. The van der Waals surface area contributed by atoms with Crippen LogP contribution >= 0.6 is 26.6 Å². The molecule has 21 heavy (non-hydrogen) atoms. The van der Waals surface area contributed by atoms with E-state index in [1.54, 1.807) is 17.9 Å². The number of rotatable bonds is 4. The molecule has 1 fully saturated rings. The summed E-state index contributed by atoms with van der Waals surface area (Å²) in [6.45, 7) is 3.04. The van der Waals surface area contributed by atoms with Crippen molar-refractivity contribution in [3.8, 4) is 5.75 Å². The van der Waals surface area contributed by atoms with Crippen LogP contribution in [0.4, 0.5) is 0 Å². The van der Waals surface area contributed by atoms with Crippen molar-refractivity contribution in [1.29, 1.82) is 0 Å². The Hall–Kier alpha value is -0.790. The molecule has 1 aromatic carbocycles. The van der Waals surface area contributed by atoms with Crippen molar-refractivity contribution >= 4 is 41.6 Å². The van der Waals surface area contributed by atoms with Crippen LogP contribution in [0.3, 0.4) is 0 Å². The van der Waals surface area contributed by atoms with Gasteiger partial charge in [-0.05, 0) is 38.0 Å². The van der Waals surface area contributed by atoms with Crippen LogP contribution < -0.4 is 4.74 Å². The Labute approximate surface area is 136 Å². The van der Waals surface area contributed by atoms with Crippen LogP contribution in [-0.2, 0) is 13.8 Å². The molecule has 0 saturated carbocycles. The lowest BCUT2D eigenvalue weighted by molar-refractivity contribution is -0.136. The van der Waals surface area contributed by atoms with E-state index in [9.17, 15) is 13.2 Å². The molecule has 1 aliphatic rings. The van der Waals surface area contributed by atoms with E-state index < -0.39 is 15.2 Å². The van der Waals surface area contributed by atoms with Crippen LogP contribution in [0.25, 0.3) is 0 Å². The number of ether oxygens (including phenoxy) is 1. The fourth-order valence-electron chi connectivity index (χ4n) is 2.21. The molecule has 1 heterocycles. The third kappa shape index (κ3) is 4.11. The van der Waals surface area contributed by atoms with Gasteiger partial charge in [0.1, 0.15) is 10.6 Å². The minimum atomic E-state index is -3.95. The van der Waals surface area contributed by atoms with Gasteiger partial charge < -0.3 is 9.64 Å². The summed E-state index contributed by atoms with van der Waals surface area (Å²) in [5.41, 5.74) is 0. The summed E-state index contributed by atoms with van der Waals surface area (Å²) in [6, 6.07) is 4.46. The van der Waals surface area contributed by atoms with Crippen LogP contribution in [0, 0.1) is 0 Å². The fourth-order valence-corrected chi connectivity index (χ4v) is 3.70. The summed E-state index contributed by atoms with van der Waals surface area (Å²) in [7, 11) is 1.45. The smallest absolute Gasteiger partial charge is 0.265 e. The summed E-state index contributed by atoms with van der Waals surface area (Å²) in [5.74, 6) is -0.0680. The predicted molar refractivity (Wildman–Crippen MR) is 83.1 cm³/mol. The molecule has 0 aromatic heterocycles. The molecule has 8 heteroatoms. The van der Waals surface area contributed by atoms with Crippen LogP contribution in [-0.4, -0.2) is 38.4 Å². The molecule has 0 bridgehead atoms. The van der Waals surface area contributed by atoms with Crippen LogP contribution in [0.5, 0.6) is 5.75 Å². The third-order valence-electron chi connectivity index (χ3n) is 3.24. The normalized spacial score (nSPS) is 16.8. The summed E-state index contributed by atoms with van der Waals surface area (Å²) in [4.78, 5) is 13.8. The lowest BCUT2D eigenvalue weighted by atomic mass is 10.3. The number of amides is 1. The topological polar surface area (TPSA) is 63.7 Å². The Morgan fingerprint density at radius 2 is 2.00 bits per heavy atom. The monoisotopic (exact) mass is 395 g/mol. The highest BCUT2D eigenvalue weighted by Crippen LogP contribution is 2.31. The number of benzene rings is 1. The summed E-state index contributed by atoms with van der Waals surface area (Å²) in [5, 5.41) is 0. The average Bonchev–Trinajstić information content (AvgIpc) is 2.92. The molecule has 0 aliphatic carbocycles. The SMILES string of the molecule is CC(Oc1ccc(Br)cc1S(=O)(=O)Cl)C(=O)N1CCCC1. The number of likely N-dealkylation sites (tertiary alicyclic amines) is 1. The molecule has 116 valence electrons. The van der Waals surface area contributed by atoms with Gasteiger partial charge in [0.2, 0.25) is 0 Å². The summed E-state index contributed by atoms with van der Waals surface area (Å²) >= 11 is 3.18. The second kappa shape index (κ2) is 6.54. The fraction of sp³-hybridized carbons (Fsp3) is 0.462. The van der Waals surface area contributed by atoms with Crippen LogP contribution in [0.2, 0.25) is 0 Å². The maximum atomic E-state index is 12.2. The zero-order valence-electron chi connectivity index (χ0n) is 11.4. The molecular weight excluding hydrogens is 382 g/mol. The molecular formula is C13H15BrClNO4S. The van der Waals surface area contributed by atoms with Crippen molar-refractivity contribution in [3.05, 3.63) is 22.7 Å². The van der Waals surface area contributed by atoms with E-state index in [0.29, 0.717) is 17.6 Å². The van der Waals surface area contributed by atoms with Gasteiger partial charge in [0, 0.05) is 28.2 Å². The zero-order valence-corrected chi connectivity index (χ0v) is 14.5. The first-order valence-corrected chi connectivity index (χ1v) is 9.59. The highest BCUT2D eigenvalue weighted by atomic mass is 79.9. The van der Waals surface area contributed by atoms with Crippen molar-refractivity contribution in [3.63, 3.8) is 0 Å². The molecule has 0 N–H and O–H groups in total. The number of carbonyl (C=O) groups excluding carboxylic acids is 1. The van der Waals surface area contributed by atoms with Gasteiger partial charge in [-0.25, -0.2) is 8.42 Å². The molecule has 2 rings (SSSR count). The van der Waals surface area contributed by atoms with Crippen LogP contribution in [0.1, 0.15) is 19.8 Å². The van der Waals surface area contributed by atoms with Gasteiger partial charge in [-0.15, -0.1) is 0 Å². The van der Waals surface area contributed by atoms with Gasteiger partial charge in [0.05, 0.1) is 0 Å². The van der Waals surface area contributed by atoms with Gasteiger partial charge in [0.25, 0.3) is 15.0 Å². The van der Waals surface area contributed by atoms with Crippen molar-refractivity contribution in [2.75, 3.05) is 13.1 Å². The quantitative estimate of drug-likeness (QED) is 0.734. The van der Waals surface area contributed by atoms with Gasteiger partial charge >= 0.3 is 0 Å². The molecule has 1 unspecified atom stereocenters. The van der Waals surface area contributed by atoms with E-state index >= 15 is 0 Å². The minimum Gasteiger partial charge on any atom is -0.479 e. The zero-order chi connectivity index (χ0) is 15.6. The van der Waals surface area contributed by atoms with Gasteiger partial charge in [-0.2, -0.15) is 0 Å². The van der Waals surface area contributed by atoms with E-state index in [2.05, 4.69) is 15.9 Å². The second-order valence-corrected chi connectivity index (χ2v) is 8.27. The van der Waals surface area contributed by atoms with E-state index in [-0.39, 0.29) is 16.6 Å². The Bertz CT molecular complexity index is 644. The first-order valence-electron chi connectivity index (χ1n) is 6.48.